The van der Waals surface area contributed by atoms with Gasteiger partial charge >= 0.3 is 11.9 Å². The van der Waals surface area contributed by atoms with Gasteiger partial charge in [0.1, 0.15) is 6.10 Å². The minimum Gasteiger partial charge on any atom is -0.481 e. The van der Waals surface area contributed by atoms with Crippen molar-refractivity contribution in [2.75, 3.05) is 0 Å². The molecule has 1 aliphatic carbocycles. The Labute approximate surface area is 211 Å². The van der Waals surface area contributed by atoms with Gasteiger partial charge in [0.2, 0.25) is 0 Å². The van der Waals surface area contributed by atoms with Crippen LogP contribution in [0.5, 0.6) is 0 Å². The van der Waals surface area contributed by atoms with E-state index in [1.807, 2.05) is 0 Å². The molecule has 200 valence electrons. The van der Waals surface area contributed by atoms with Gasteiger partial charge in [0.05, 0.1) is 11.8 Å². The number of carboxylic acids is 1. The number of carbonyl (C=O) groups is 2. The monoisotopic (exact) mass is 480 g/mol. The summed E-state index contributed by atoms with van der Waals surface area (Å²) in [6.45, 7) is 6.71. The lowest BCUT2D eigenvalue weighted by Crippen LogP contribution is -2.37. The first-order valence-electron chi connectivity index (χ1n) is 15.0. The third kappa shape index (κ3) is 13.1. The average Bonchev–Trinajstić information content (AvgIpc) is 2.84. The summed E-state index contributed by atoms with van der Waals surface area (Å²) < 4.78 is 6.20. The summed E-state index contributed by atoms with van der Waals surface area (Å²) >= 11 is 0. The van der Waals surface area contributed by atoms with Gasteiger partial charge in [-0.1, -0.05) is 117 Å². The van der Waals surface area contributed by atoms with Crippen LogP contribution in [0.25, 0.3) is 0 Å². The quantitative estimate of drug-likeness (QED) is 0.131. The Bertz CT molecular complexity index is 518. The van der Waals surface area contributed by atoms with E-state index in [-0.39, 0.29) is 12.1 Å². The van der Waals surface area contributed by atoms with Crippen LogP contribution in [-0.2, 0) is 14.3 Å². The summed E-state index contributed by atoms with van der Waals surface area (Å²) in [5, 5.41) is 9.63. The molecule has 0 aromatic rings. The topological polar surface area (TPSA) is 63.6 Å². The number of rotatable bonds is 21. The molecule has 0 aliphatic heterocycles. The Hall–Kier alpha value is -1.06. The third-order valence-corrected chi connectivity index (χ3v) is 7.86. The molecule has 4 nitrogen and oxygen atoms in total. The highest BCUT2D eigenvalue weighted by atomic mass is 16.5. The summed E-state index contributed by atoms with van der Waals surface area (Å²) in [6.07, 6.45) is 23.9. The lowest BCUT2D eigenvalue weighted by molar-refractivity contribution is -0.166. The number of carboxylic acid groups (broad SMARTS) is 1. The Balaban J connectivity index is 2.59. The number of ether oxygens (including phenoxy) is 1. The molecule has 1 N–H and O–H groups in total. The number of hydrogen-bond acceptors (Lipinski definition) is 3. The van der Waals surface area contributed by atoms with Crippen LogP contribution in [0.2, 0.25) is 0 Å². The first-order valence-corrected chi connectivity index (χ1v) is 15.0. The largest absolute Gasteiger partial charge is 0.481 e. The Morgan fingerprint density at radius 2 is 1.18 bits per heavy atom. The predicted molar refractivity (Wildman–Crippen MR) is 142 cm³/mol. The first kappa shape index (κ1) is 31.0. The molecule has 0 aromatic heterocycles. The van der Waals surface area contributed by atoms with Gasteiger partial charge in [-0.05, 0) is 44.4 Å². The number of esters is 1. The molecule has 0 bridgehead atoms. The molecule has 1 rings (SSSR count). The molecule has 0 saturated heterocycles. The second-order valence-electron chi connectivity index (χ2n) is 10.8. The molecule has 0 radical (unpaired) electrons. The fourth-order valence-corrected chi connectivity index (χ4v) is 5.71. The van der Waals surface area contributed by atoms with Gasteiger partial charge < -0.3 is 9.84 Å². The zero-order valence-electron chi connectivity index (χ0n) is 22.8. The molecule has 0 heterocycles. The molecule has 1 aliphatic rings. The van der Waals surface area contributed by atoms with Crippen molar-refractivity contribution in [3.05, 3.63) is 0 Å². The molecule has 4 heteroatoms. The molecule has 4 atom stereocenters. The summed E-state index contributed by atoms with van der Waals surface area (Å²) in [6, 6.07) is 0. The molecule has 34 heavy (non-hydrogen) atoms. The van der Waals surface area contributed by atoms with Crippen molar-refractivity contribution >= 4 is 11.9 Å². The zero-order chi connectivity index (χ0) is 25.0. The number of hydrogen-bond donors (Lipinski definition) is 1. The van der Waals surface area contributed by atoms with Crippen molar-refractivity contribution in [2.24, 2.45) is 17.8 Å². The van der Waals surface area contributed by atoms with Gasteiger partial charge in [-0.15, -0.1) is 0 Å². The minimum absolute atomic E-state index is 0.0466. The number of carbonyl (C=O) groups excluding carboxylic acids is 1. The number of aliphatic carboxylic acids is 1. The van der Waals surface area contributed by atoms with Crippen molar-refractivity contribution in [1.82, 2.24) is 0 Å². The summed E-state index contributed by atoms with van der Waals surface area (Å²) in [5.74, 6) is -1.68. The molecule has 0 spiro atoms. The lowest BCUT2D eigenvalue weighted by Gasteiger charge is -2.32. The fraction of sp³-hybridized carbons (Fsp3) is 0.933. The van der Waals surface area contributed by atoms with Crippen LogP contribution in [0.4, 0.5) is 0 Å². The summed E-state index contributed by atoms with van der Waals surface area (Å²) in [4.78, 5) is 24.9. The van der Waals surface area contributed by atoms with Gasteiger partial charge in [0.15, 0.2) is 0 Å². The second-order valence-corrected chi connectivity index (χ2v) is 10.8. The van der Waals surface area contributed by atoms with Crippen molar-refractivity contribution in [1.29, 1.82) is 0 Å². The van der Waals surface area contributed by atoms with E-state index in [2.05, 4.69) is 20.8 Å². The van der Waals surface area contributed by atoms with E-state index in [4.69, 9.17) is 4.74 Å². The SMILES string of the molecule is CCCCCCCCCCCCC(OC(=O)C1CCCCC1C(=O)O)C(CCC)CCCCC. The fourth-order valence-electron chi connectivity index (χ4n) is 5.71. The van der Waals surface area contributed by atoms with Gasteiger partial charge in [0.25, 0.3) is 0 Å². The Kier molecular flexibility index (Phi) is 18.4. The van der Waals surface area contributed by atoms with Crippen LogP contribution in [0.3, 0.4) is 0 Å². The molecule has 4 unspecified atom stereocenters. The van der Waals surface area contributed by atoms with Crippen LogP contribution < -0.4 is 0 Å². The Morgan fingerprint density at radius 3 is 1.74 bits per heavy atom. The molecule has 0 aromatic carbocycles. The van der Waals surface area contributed by atoms with E-state index in [0.717, 1.165) is 44.9 Å². The van der Waals surface area contributed by atoms with E-state index in [1.165, 1.54) is 77.0 Å². The van der Waals surface area contributed by atoms with Crippen LogP contribution in [-0.4, -0.2) is 23.1 Å². The van der Waals surface area contributed by atoms with E-state index >= 15 is 0 Å². The van der Waals surface area contributed by atoms with Crippen molar-refractivity contribution in [2.45, 2.75) is 162 Å². The standard InChI is InChI=1S/C30H56O4/c1-4-7-9-10-11-12-13-14-15-17-24-28(25(20-6-3)21-16-8-5-2)34-30(33)27-23-19-18-22-26(27)29(31)32/h25-28H,4-24H2,1-3H3,(H,31,32). The second kappa shape index (κ2) is 20.2. The minimum atomic E-state index is -0.832. The van der Waals surface area contributed by atoms with Gasteiger partial charge in [-0.2, -0.15) is 0 Å². The smallest absolute Gasteiger partial charge is 0.310 e. The third-order valence-electron chi connectivity index (χ3n) is 7.86. The zero-order valence-corrected chi connectivity index (χ0v) is 22.8. The van der Waals surface area contributed by atoms with Gasteiger partial charge in [-0.3, -0.25) is 9.59 Å². The first-order chi connectivity index (χ1) is 16.5. The van der Waals surface area contributed by atoms with Gasteiger partial charge in [0, 0.05) is 0 Å². The van der Waals surface area contributed by atoms with Crippen LogP contribution in [0.1, 0.15) is 156 Å². The van der Waals surface area contributed by atoms with E-state index in [0.29, 0.717) is 18.8 Å². The molecule has 0 amide bonds. The van der Waals surface area contributed by atoms with E-state index < -0.39 is 17.8 Å². The van der Waals surface area contributed by atoms with Crippen molar-refractivity contribution < 1.29 is 19.4 Å². The maximum absolute atomic E-state index is 13.2. The summed E-state index contributed by atoms with van der Waals surface area (Å²) in [5.41, 5.74) is 0. The highest BCUT2D eigenvalue weighted by molar-refractivity contribution is 5.81. The molecule has 1 fully saturated rings. The highest BCUT2D eigenvalue weighted by Crippen LogP contribution is 2.33. The lowest BCUT2D eigenvalue weighted by atomic mass is 9.79. The van der Waals surface area contributed by atoms with Crippen LogP contribution in [0.15, 0.2) is 0 Å². The predicted octanol–water partition coefficient (Wildman–Crippen LogP) is 9.10. The van der Waals surface area contributed by atoms with Crippen molar-refractivity contribution in [3.63, 3.8) is 0 Å². The maximum atomic E-state index is 13.2. The highest BCUT2D eigenvalue weighted by Gasteiger charge is 2.38. The van der Waals surface area contributed by atoms with Crippen LogP contribution in [0, 0.1) is 17.8 Å². The summed E-state index contributed by atoms with van der Waals surface area (Å²) in [7, 11) is 0. The Morgan fingerprint density at radius 1 is 0.676 bits per heavy atom. The maximum Gasteiger partial charge on any atom is 0.310 e. The molecular weight excluding hydrogens is 424 g/mol. The normalized spacial score (nSPS) is 20.1. The van der Waals surface area contributed by atoms with Crippen LogP contribution >= 0.6 is 0 Å². The van der Waals surface area contributed by atoms with E-state index in [9.17, 15) is 14.7 Å². The molecule has 1 saturated carbocycles. The van der Waals surface area contributed by atoms with Gasteiger partial charge in [-0.25, -0.2) is 0 Å². The molecular formula is C30H56O4. The van der Waals surface area contributed by atoms with E-state index in [1.54, 1.807) is 0 Å². The van der Waals surface area contributed by atoms with Crippen molar-refractivity contribution in [3.8, 4) is 0 Å². The number of unbranched alkanes of at least 4 members (excludes halogenated alkanes) is 11. The average molecular weight is 481 g/mol.